The third-order valence-electron chi connectivity index (χ3n) is 3.75. The minimum Gasteiger partial charge on any atom is -0.457 e. The Morgan fingerprint density at radius 3 is 2.55 bits per heavy atom. The van der Waals surface area contributed by atoms with Gasteiger partial charge in [0, 0.05) is 5.56 Å². The monoisotopic (exact) mass is 258 g/mol. The number of fused-ring (bicyclic) bond motifs is 2. The van der Waals surface area contributed by atoms with Crippen molar-refractivity contribution in [2.75, 3.05) is 0 Å². The Morgan fingerprint density at radius 2 is 1.55 bits per heavy atom. The summed E-state index contributed by atoms with van der Waals surface area (Å²) in [6.45, 7) is 0. The smallest absolute Gasteiger partial charge is 0.131 e. The van der Waals surface area contributed by atoms with Crippen molar-refractivity contribution in [2.45, 2.75) is 6.42 Å². The van der Waals surface area contributed by atoms with Gasteiger partial charge in [0.15, 0.2) is 0 Å². The number of ether oxygens (including phenoxy) is 1. The predicted molar refractivity (Wildman–Crippen MR) is 82.7 cm³/mol. The molecule has 20 heavy (non-hydrogen) atoms. The van der Waals surface area contributed by atoms with Gasteiger partial charge < -0.3 is 4.74 Å². The molecule has 3 aromatic carbocycles. The highest BCUT2D eigenvalue weighted by atomic mass is 16.5. The van der Waals surface area contributed by atoms with Crippen molar-refractivity contribution in [3.05, 3.63) is 83.9 Å². The summed E-state index contributed by atoms with van der Waals surface area (Å²) in [5.41, 5.74) is 2.41. The van der Waals surface area contributed by atoms with E-state index in [1.807, 2.05) is 12.1 Å². The molecule has 0 aliphatic carbocycles. The highest BCUT2D eigenvalue weighted by Gasteiger charge is 2.14. The molecule has 0 saturated heterocycles. The number of hydrogen-bond donors (Lipinski definition) is 0. The molecular weight excluding hydrogens is 244 g/mol. The average Bonchev–Trinajstić information content (AvgIpc) is 2.54. The maximum Gasteiger partial charge on any atom is 0.131 e. The van der Waals surface area contributed by atoms with Crippen molar-refractivity contribution in [3.63, 3.8) is 0 Å². The quantitative estimate of drug-likeness (QED) is 0.608. The maximum atomic E-state index is 6.09. The first-order valence-corrected chi connectivity index (χ1v) is 6.86. The molecule has 0 radical (unpaired) electrons. The molecule has 1 heteroatoms. The van der Waals surface area contributed by atoms with Crippen LogP contribution in [0, 0.1) is 0 Å². The lowest BCUT2D eigenvalue weighted by Gasteiger charge is -2.19. The lowest BCUT2D eigenvalue weighted by Crippen LogP contribution is -2.04. The zero-order valence-corrected chi connectivity index (χ0v) is 11.0. The molecule has 1 aliphatic rings. The van der Waals surface area contributed by atoms with Gasteiger partial charge >= 0.3 is 0 Å². The van der Waals surface area contributed by atoms with Gasteiger partial charge in [-0.3, -0.25) is 0 Å². The van der Waals surface area contributed by atoms with Crippen molar-refractivity contribution in [1.82, 2.24) is 0 Å². The molecule has 1 heterocycles. The standard InChI is InChI=1S/C19H14O/c1-3-9-16-14(6-1)8-5-10-17(16)19-13-12-15-7-2-4-11-18(15)20-19/h1-11,13H,12H2. The Labute approximate surface area is 118 Å². The van der Waals surface area contributed by atoms with E-state index < -0.39 is 0 Å². The van der Waals surface area contributed by atoms with E-state index in [2.05, 4.69) is 60.7 Å². The molecule has 0 unspecified atom stereocenters. The second-order valence-electron chi connectivity index (χ2n) is 5.01. The molecular formula is C19H14O. The van der Waals surface area contributed by atoms with E-state index >= 15 is 0 Å². The van der Waals surface area contributed by atoms with Crippen LogP contribution in [-0.4, -0.2) is 0 Å². The summed E-state index contributed by atoms with van der Waals surface area (Å²) in [6.07, 6.45) is 3.10. The van der Waals surface area contributed by atoms with Gasteiger partial charge in [0.2, 0.25) is 0 Å². The van der Waals surface area contributed by atoms with Gasteiger partial charge in [0.1, 0.15) is 11.5 Å². The lowest BCUT2D eigenvalue weighted by atomic mass is 10.00. The second-order valence-corrected chi connectivity index (χ2v) is 5.01. The lowest BCUT2D eigenvalue weighted by molar-refractivity contribution is 0.499. The van der Waals surface area contributed by atoms with E-state index in [0.717, 1.165) is 23.5 Å². The van der Waals surface area contributed by atoms with Crippen LogP contribution in [0.5, 0.6) is 5.75 Å². The first kappa shape index (κ1) is 11.3. The predicted octanol–water partition coefficient (Wildman–Crippen LogP) is 4.82. The van der Waals surface area contributed by atoms with E-state index in [0.29, 0.717) is 0 Å². The summed E-state index contributed by atoms with van der Waals surface area (Å²) in [5.74, 6) is 1.93. The number of para-hydroxylation sites is 1. The van der Waals surface area contributed by atoms with E-state index in [9.17, 15) is 0 Å². The molecule has 0 aromatic heterocycles. The van der Waals surface area contributed by atoms with Crippen molar-refractivity contribution >= 4 is 16.5 Å². The van der Waals surface area contributed by atoms with Gasteiger partial charge in [0.05, 0.1) is 0 Å². The van der Waals surface area contributed by atoms with Crippen LogP contribution < -0.4 is 4.74 Å². The van der Waals surface area contributed by atoms with E-state index in [4.69, 9.17) is 4.74 Å². The summed E-state index contributed by atoms with van der Waals surface area (Å²) >= 11 is 0. The zero-order valence-electron chi connectivity index (χ0n) is 11.0. The molecule has 0 atom stereocenters. The molecule has 0 spiro atoms. The Morgan fingerprint density at radius 1 is 0.750 bits per heavy atom. The zero-order chi connectivity index (χ0) is 13.4. The van der Waals surface area contributed by atoms with Crippen LogP contribution in [0.2, 0.25) is 0 Å². The van der Waals surface area contributed by atoms with E-state index in [-0.39, 0.29) is 0 Å². The fourth-order valence-electron chi connectivity index (χ4n) is 2.74. The molecule has 0 amide bonds. The van der Waals surface area contributed by atoms with Crippen LogP contribution in [0.1, 0.15) is 11.1 Å². The molecule has 0 bridgehead atoms. The number of allylic oxidation sites excluding steroid dienone is 1. The van der Waals surface area contributed by atoms with Gasteiger partial charge in [-0.05, 0) is 34.9 Å². The molecule has 4 rings (SSSR count). The van der Waals surface area contributed by atoms with Crippen molar-refractivity contribution < 1.29 is 4.74 Å². The Kier molecular flexibility index (Phi) is 2.56. The maximum absolute atomic E-state index is 6.09. The molecule has 0 fully saturated rings. The minimum absolute atomic E-state index is 0.925. The summed E-state index contributed by atoms with van der Waals surface area (Å²) in [5, 5.41) is 2.48. The number of hydrogen-bond acceptors (Lipinski definition) is 1. The Balaban J connectivity index is 1.84. The normalized spacial score (nSPS) is 13.5. The van der Waals surface area contributed by atoms with Crippen molar-refractivity contribution in [3.8, 4) is 5.75 Å². The molecule has 1 aliphatic heterocycles. The molecule has 0 N–H and O–H groups in total. The van der Waals surface area contributed by atoms with Crippen LogP contribution in [0.4, 0.5) is 0 Å². The summed E-state index contributed by atoms with van der Waals surface area (Å²) in [6, 6.07) is 23.0. The van der Waals surface area contributed by atoms with Crippen molar-refractivity contribution in [2.24, 2.45) is 0 Å². The number of rotatable bonds is 1. The van der Waals surface area contributed by atoms with Crippen LogP contribution in [-0.2, 0) is 6.42 Å². The van der Waals surface area contributed by atoms with Crippen LogP contribution in [0.25, 0.3) is 16.5 Å². The third kappa shape index (κ3) is 1.79. The highest BCUT2D eigenvalue weighted by molar-refractivity contribution is 5.93. The number of benzene rings is 3. The topological polar surface area (TPSA) is 9.23 Å². The van der Waals surface area contributed by atoms with Gasteiger partial charge in [-0.15, -0.1) is 0 Å². The van der Waals surface area contributed by atoms with Gasteiger partial charge in [-0.2, -0.15) is 0 Å². The van der Waals surface area contributed by atoms with Crippen LogP contribution in [0.3, 0.4) is 0 Å². The summed E-state index contributed by atoms with van der Waals surface area (Å²) in [7, 11) is 0. The third-order valence-corrected chi connectivity index (χ3v) is 3.75. The van der Waals surface area contributed by atoms with Gasteiger partial charge in [-0.1, -0.05) is 60.7 Å². The van der Waals surface area contributed by atoms with E-state index in [1.54, 1.807) is 0 Å². The first-order valence-electron chi connectivity index (χ1n) is 6.86. The van der Waals surface area contributed by atoms with Crippen LogP contribution in [0.15, 0.2) is 72.8 Å². The Hall–Kier alpha value is -2.54. The minimum atomic E-state index is 0.925. The highest BCUT2D eigenvalue weighted by Crippen LogP contribution is 2.33. The van der Waals surface area contributed by atoms with E-state index in [1.165, 1.54) is 16.3 Å². The second kappa shape index (κ2) is 4.53. The molecule has 0 saturated carbocycles. The van der Waals surface area contributed by atoms with Gasteiger partial charge in [0.25, 0.3) is 0 Å². The van der Waals surface area contributed by atoms with Crippen LogP contribution >= 0.6 is 0 Å². The van der Waals surface area contributed by atoms with Gasteiger partial charge in [-0.25, -0.2) is 0 Å². The average molecular weight is 258 g/mol. The molecule has 3 aromatic rings. The fraction of sp³-hybridized carbons (Fsp3) is 0.0526. The molecule has 1 nitrogen and oxygen atoms in total. The first-order chi connectivity index (χ1) is 9.92. The Bertz CT molecular complexity index is 809. The summed E-state index contributed by atoms with van der Waals surface area (Å²) < 4.78 is 6.09. The SMILES string of the molecule is C1=C(c2cccc3ccccc23)Oc2ccccc2C1. The fourth-order valence-corrected chi connectivity index (χ4v) is 2.74. The summed E-state index contributed by atoms with van der Waals surface area (Å²) in [4.78, 5) is 0. The molecule has 96 valence electrons. The largest absolute Gasteiger partial charge is 0.457 e. The van der Waals surface area contributed by atoms with Crippen molar-refractivity contribution in [1.29, 1.82) is 0 Å².